The van der Waals surface area contributed by atoms with Crippen LogP contribution in [0.2, 0.25) is 0 Å². The van der Waals surface area contributed by atoms with Crippen molar-refractivity contribution < 1.29 is 23.1 Å². The molecule has 1 saturated heterocycles. The van der Waals surface area contributed by atoms with E-state index >= 15 is 0 Å². The van der Waals surface area contributed by atoms with Gasteiger partial charge in [0.1, 0.15) is 19.0 Å². The number of aliphatic hydroxyl groups is 1. The molecule has 8 nitrogen and oxygen atoms in total. The summed E-state index contributed by atoms with van der Waals surface area (Å²) in [5, 5.41) is 8.62. The second kappa shape index (κ2) is 7.35. The number of ether oxygens (including phenoxy) is 1. The Bertz CT molecular complexity index is 713. The van der Waals surface area contributed by atoms with Crippen LogP contribution in [0.25, 0.3) is 0 Å². The van der Waals surface area contributed by atoms with Crippen LogP contribution in [0.4, 0.5) is 4.79 Å². The summed E-state index contributed by atoms with van der Waals surface area (Å²) in [6.45, 7) is 3.51. The Balaban J connectivity index is 2.20. The fraction of sp³-hybridized carbons (Fsp3) is 0.600. The van der Waals surface area contributed by atoms with E-state index in [2.05, 4.69) is 11.6 Å². The Labute approximate surface area is 141 Å². The third-order valence-electron chi connectivity index (χ3n) is 4.31. The average molecular weight is 357 g/mol. The van der Waals surface area contributed by atoms with E-state index in [1.807, 2.05) is 0 Å². The zero-order valence-corrected chi connectivity index (χ0v) is 14.7. The van der Waals surface area contributed by atoms with E-state index in [4.69, 9.17) is 4.74 Å². The molecule has 0 radical (unpaired) electrons. The van der Waals surface area contributed by atoms with Gasteiger partial charge in [0, 0.05) is 44.2 Å². The van der Waals surface area contributed by atoms with Gasteiger partial charge in [-0.3, -0.25) is 0 Å². The van der Waals surface area contributed by atoms with Gasteiger partial charge in [0.15, 0.2) is 9.84 Å². The Kier molecular flexibility index (Phi) is 5.66. The quantitative estimate of drug-likeness (QED) is 0.733. The molecule has 1 amide bonds. The number of hydrogen-bond donors (Lipinski definition) is 1. The Morgan fingerprint density at radius 1 is 1.58 bits per heavy atom. The maximum Gasteiger partial charge on any atom is 0.410 e. The first kappa shape index (κ1) is 18.5. The molecule has 1 fully saturated rings. The van der Waals surface area contributed by atoms with Gasteiger partial charge < -0.3 is 19.3 Å². The van der Waals surface area contributed by atoms with E-state index < -0.39 is 21.2 Å². The van der Waals surface area contributed by atoms with E-state index in [1.165, 1.54) is 17.2 Å². The van der Waals surface area contributed by atoms with Crippen molar-refractivity contribution in [2.75, 3.05) is 19.4 Å². The summed E-state index contributed by atoms with van der Waals surface area (Å²) < 4.78 is 30.6. The largest absolute Gasteiger partial charge is 0.445 e. The molecular formula is C15H23N3O5S. The molecule has 0 saturated carbocycles. The monoisotopic (exact) mass is 357 g/mol. The minimum atomic E-state index is -3.26. The first-order valence-electron chi connectivity index (χ1n) is 7.61. The Morgan fingerprint density at radius 2 is 2.29 bits per heavy atom. The highest BCUT2D eigenvalue weighted by atomic mass is 32.2. The van der Waals surface area contributed by atoms with Crippen LogP contribution in [0, 0.1) is 0 Å². The summed E-state index contributed by atoms with van der Waals surface area (Å²) in [7, 11) is -1.48. The van der Waals surface area contributed by atoms with Crippen LogP contribution in [0.5, 0.6) is 0 Å². The van der Waals surface area contributed by atoms with Gasteiger partial charge in [0.25, 0.3) is 0 Å². The lowest BCUT2D eigenvalue weighted by molar-refractivity contribution is 0.108. The summed E-state index contributed by atoms with van der Waals surface area (Å²) in [4.78, 5) is 17.8. The van der Waals surface area contributed by atoms with Gasteiger partial charge in [0.05, 0.1) is 5.25 Å². The van der Waals surface area contributed by atoms with Gasteiger partial charge >= 0.3 is 6.09 Å². The summed E-state index contributed by atoms with van der Waals surface area (Å²) in [6.07, 6.45) is 4.52. The third-order valence-corrected chi connectivity index (χ3v) is 5.86. The van der Waals surface area contributed by atoms with Crippen LogP contribution >= 0.6 is 0 Å². The number of rotatable bonds is 6. The van der Waals surface area contributed by atoms with Crippen molar-refractivity contribution in [1.29, 1.82) is 0 Å². The highest BCUT2D eigenvalue weighted by Gasteiger charge is 2.41. The van der Waals surface area contributed by atoms with Crippen LogP contribution in [0.15, 0.2) is 18.9 Å². The molecule has 24 heavy (non-hydrogen) atoms. The number of aromatic nitrogens is 2. The molecule has 1 aliphatic rings. The van der Waals surface area contributed by atoms with Gasteiger partial charge in [-0.25, -0.2) is 18.2 Å². The lowest BCUT2D eigenvalue weighted by atomic mass is 10.1. The molecule has 9 heteroatoms. The third kappa shape index (κ3) is 3.96. The minimum Gasteiger partial charge on any atom is -0.445 e. The second-order valence-electron chi connectivity index (χ2n) is 5.95. The normalized spacial score (nSPS) is 21.0. The summed E-state index contributed by atoms with van der Waals surface area (Å²) >= 11 is 0. The van der Waals surface area contributed by atoms with Crippen LogP contribution in [-0.2, 0) is 34.6 Å². The molecular weight excluding hydrogens is 334 g/mol. The Hall–Kier alpha value is -1.87. The second-order valence-corrected chi connectivity index (χ2v) is 8.27. The van der Waals surface area contributed by atoms with Crippen LogP contribution in [-0.4, -0.2) is 64.8 Å². The molecule has 1 aromatic rings. The number of likely N-dealkylation sites (tertiary alicyclic amines) is 1. The van der Waals surface area contributed by atoms with Crippen molar-refractivity contribution in [2.24, 2.45) is 7.05 Å². The highest BCUT2D eigenvalue weighted by Crippen LogP contribution is 2.26. The summed E-state index contributed by atoms with van der Waals surface area (Å²) in [5.74, 6) is 0.517. The molecule has 0 aromatic carbocycles. The van der Waals surface area contributed by atoms with Crippen LogP contribution in [0.1, 0.15) is 17.9 Å². The zero-order chi connectivity index (χ0) is 17.9. The fourth-order valence-electron chi connectivity index (χ4n) is 2.88. The van der Waals surface area contributed by atoms with E-state index in [0.29, 0.717) is 18.7 Å². The molecule has 0 unspecified atom stereocenters. The van der Waals surface area contributed by atoms with Crippen molar-refractivity contribution in [3.05, 3.63) is 30.4 Å². The summed E-state index contributed by atoms with van der Waals surface area (Å²) in [5.41, 5.74) is 0.819. The summed E-state index contributed by atoms with van der Waals surface area (Å²) in [6, 6.07) is -0.302. The zero-order valence-electron chi connectivity index (χ0n) is 13.9. The number of nitrogens with zero attached hydrogens (tertiary/aromatic N) is 3. The first-order chi connectivity index (χ1) is 11.3. The van der Waals surface area contributed by atoms with Crippen LogP contribution in [0.3, 0.4) is 0 Å². The van der Waals surface area contributed by atoms with Gasteiger partial charge in [0.2, 0.25) is 0 Å². The SMILES string of the molecule is C=CCOC(=O)N1C[C@H](S(C)(=O)=O)C[C@H]1Cc1cnc(CO)n1C. The Morgan fingerprint density at radius 3 is 2.83 bits per heavy atom. The highest BCUT2D eigenvalue weighted by molar-refractivity contribution is 7.91. The smallest absolute Gasteiger partial charge is 0.410 e. The number of carbonyl (C=O) groups excluding carboxylic acids is 1. The number of imidazole rings is 1. The van der Waals surface area contributed by atoms with Gasteiger partial charge in [-0.05, 0) is 6.42 Å². The van der Waals surface area contributed by atoms with E-state index in [-0.39, 0.29) is 25.8 Å². The van der Waals surface area contributed by atoms with Crippen molar-refractivity contribution in [3.8, 4) is 0 Å². The predicted molar refractivity (Wildman–Crippen MR) is 88.1 cm³/mol. The molecule has 1 aromatic heterocycles. The number of carbonyl (C=O) groups is 1. The van der Waals surface area contributed by atoms with E-state index in [1.54, 1.807) is 17.8 Å². The predicted octanol–water partition coefficient (Wildman–Crippen LogP) is 0.265. The number of sulfone groups is 1. The molecule has 134 valence electrons. The van der Waals surface area contributed by atoms with E-state index in [0.717, 1.165) is 5.69 Å². The van der Waals surface area contributed by atoms with Crippen molar-refractivity contribution >= 4 is 15.9 Å². The number of hydrogen-bond acceptors (Lipinski definition) is 6. The molecule has 0 aliphatic carbocycles. The molecule has 1 N–H and O–H groups in total. The average Bonchev–Trinajstić information content (AvgIpc) is 3.09. The lowest BCUT2D eigenvalue weighted by Crippen LogP contribution is -2.38. The number of amides is 1. The van der Waals surface area contributed by atoms with E-state index in [9.17, 15) is 18.3 Å². The van der Waals surface area contributed by atoms with Crippen molar-refractivity contribution in [1.82, 2.24) is 14.5 Å². The maximum atomic E-state index is 12.2. The standard InChI is InChI=1S/C15H23N3O5S/c1-4-5-23-15(20)18-9-13(24(3,21)22)7-11(18)6-12-8-16-14(10-19)17(12)2/h4,8,11,13,19H,1,5-7,9-10H2,2-3H3/t11-,13-/m1/s1. The maximum absolute atomic E-state index is 12.2. The van der Waals surface area contributed by atoms with Crippen molar-refractivity contribution in [2.45, 2.75) is 30.7 Å². The minimum absolute atomic E-state index is 0.0754. The van der Waals surface area contributed by atoms with Gasteiger partial charge in [-0.15, -0.1) is 0 Å². The van der Waals surface area contributed by atoms with Gasteiger partial charge in [-0.1, -0.05) is 12.7 Å². The van der Waals surface area contributed by atoms with Crippen LogP contribution < -0.4 is 0 Å². The van der Waals surface area contributed by atoms with Gasteiger partial charge in [-0.2, -0.15) is 0 Å². The topological polar surface area (TPSA) is 102 Å². The molecule has 2 rings (SSSR count). The first-order valence-corrected chi connectivity index (χ1v) is 9.56. The molecule has 1 aliphatic heterocycles. The lowest BCUT2D eigenvalue weighted by Gasteiger charge is -2.23. The molecule has 0 bridgehead atoms. The molecule has 2 heterocycles. The van der Waals surface area contributed by atoms with Crippen molar-refractivity contribution in [3.63, 3.8) is 0 Å². The molecule has 0 spiro atoms. The fourth-order valence-corrected chi connectivity index (χ4v) is 3.88. The molecule has 2 atom stereocenters. The number of aliphatic hydroxyl groups excluding tert-OH is 1.